The second kappa shape index (κ2) is 11.7. The number of thiophene rings is 1. The molecule has 0 aliphatic heterocycles. The van der Waals surface area contributed by atoms with Crippen LogP contribution in [-0.2, 0) is 6.54 Å². The zero-order valence-corrected chi connectivity index (χ0v) is 23.1. The number of hydrogen-bond donors (Lipinski definition) is 2. The normalized spacial score (nSPS) is 11.3. The number of benzene rings is 3. The maximum atomic E-state index is 13.4. The topological polar surface area (TPSA) is 91.4 Å². The van der Waals surface area contributed by atoms with Crippen molar-refractivity contribution >= 4 is 27.2 Å². The molecule has 0 saturated heterocycles. The van der Waals surface area contributed by atoms with Crippen molar-refractivity contribution in [2.24, 2.45) is 0 Å². The predicted molar refractivity (Wildman–Crippen MR) is 159 cm³/mol. The average Bonchev–Trinajstić information content (AvgIpc) is 3.39. The molecule has 7 nitrogen and oxygen atoms in total. The number of methoxy groups -OCH3 is 1. The van der Waals surface area contributed by atoms with Crippen molar-refractivity contribution in [1.29, 1.82) is 0 Å². The fourth-order valence-electron chi connectivity index (χ4n) is 4.30. The molecule has 2 heterocycles. The fourth-order valence-corrected chi connectivity index (χ4v) is 5.34. The molecule has 5 aromatic rings. The molecule has 200 valence electrons. The summed E-state index contributed by atoms with van der Waals surface area (Å²) >= 11 is 1.42. The highest BCUT2D eigenvalue weighted by molar-refractivity contribution is 7.22. The van der Waals surface area contributed by atoms with Gasteiger partial charge in [-0.05, 0) is 52.9 Å². The van der Waals surface area contributed by atoms with Crippen LogP contribution in [0.4, 0.5) is 5.69 Å². The summed E-state index contributed by atoms with van der Waals surface area (Å²) in [5.41, 5.74) is 11.3. The van der Waals surface area contributed by atoms with E-state index in [2.05, 4.69) is 48.4 Å². The number of hydrogen-bond acceptors (Lipinski definition) is 7. The smallest absolute Gasteiger partial charge is 0.275 e. The lowest BCUT2D eigenvalue weighted by Gasteiger charge is -2.13. The third kappa shape index (κ3) is 5.97. The Hall–Kier alpha value is -4.14. The number of anilines is 1. The molecular weight excluding hydrogens is 508 g/mol. The molecule has 0 aliphatic rings. The first-order valence-electron chi connectivity index (χ1n) is 12.9. The molecule has 3 N–H and O–H groups in total. The van der Waals surface area contributed by atoms with E-state index in [0.717, 1.165) is 17.0 Å². The Morgan fingerprint density at radius 2 is 1.77 bits per heavy atom. The van der Waals surface area contributed by atoms with Crippen LogP contribution in [-0.4, -0.2) is 29.8 Å². The van der Waals surface area contributed by atoms with E-state index in [-0.39, 0.29) is 5.56 Å². The minimum Gasteiger partial charge on any atom is -0.493 e. The van der Waals surface area contributed by atoms with Gasteiger partial charge in [0, 0.05) is 29.7 Å². The highest BCUT2D eigenvalue weighted by Gasteiger charge is 2.14. The molecule has 0 bridgehead atoms. The van der Waals surface area contributed by atoms with Crippen LogP contribution in [0.3, 0.4) is 0 Å². The Morgan fingerprint density at radius 1 is 1.00 bits per heavy atom. The third-order valence-corrected chi connectivity index (χ3v) is 7.73. The number of rotatable bonds is 10. The van der Waals surface area contributed by atoms with Gasteiger partial charge in [-0.25, -0.2) is 4.98 Å². The minimum absolute atomic E-state index is 0.131. The van der Waals surface area contributed by atoms with Gasteiger partial charge in [-0.2, -0.15) is 0 Å². The van der Waals surface area contributed by atoms with E-state index in [1.807, 2.05) is 42.5 Å². The number of ether oxygens (including phenoxy) is 2. The highest BCUT2D eigenvalue weighted by Crippen LogP contribution is 2.32. The molecule has 39 heavy (non-hydrogen) atoms. The molecule has 3 aromatic carbocycles. The Morgan fingerprint density at radius 3 is 2.49 bits per heavy atom. The summed E-state index contributed by atoms with van der Waals surface area (Å²) in [6.07, 6.45) is 1.55. The van der Waals surface area contributed by atoms with E-state index >= 15 is 0 Å². The lowest BCUT2D eigenvalue weighted by Crippen LogP contribution is -2.21. The van der Waals surface area contributed by atoms with E-state index in [4.69, 9.17) is 15.2 Å². The third-order valence-electron chi connectivity index (χ3n) is 6.57. The molecule has 0 fully saturated rings. The summed E-state index contributed by atoms with van der Waals surface area (Å²) < 4.78 is 13.7. The zero-order valence-electron chi connectivity index (χ0n) is 22.3. The molecular formula is C31H32N4O3S. The van der Waals surface area contributed by atoms with Crippen molar-refractivity contribution in [2.75, 3.05) is 26.0 Å². The molecule has 2 aromatic heterocycles. The summed E-state index contributed by atoms with van der Waals surface area (Å²) in [6, 6.07) is 23.7. The van der Waals surface area contributed by atoms with E-state index in [1.165, 1.54) is 27.0 Å². The standard InChI is InChI=1S/C31H32N4O3S/c1-20(2)22-6-4-21(5-7-22)18-33-14-15-38-27-13-12-25(16-28(27)37-3)35-19-34-26-17-29(39-30(26)31(35)36)23-8-10-24(32)11-9-23/h4-13,16-17,19-20,33H,14-15,18,32H2,1-3H3. The van der Waals surface area contributed by atoms with Gasteiger partial charge in [-0.1, -0.05) is 50.2 Å². The van der Waals surface area contributed by atoms with Crippen LogP contribution in [0.1, 0.15) is 30.9 Å². The number of nitrogens with one attached hydrogen (secondary N) is 1. The summed E-state index contributed by atoms with van der Waals surface area (Å²) in [4.78, 5) is 18.9. The maximum Gasteiger partial charge on any atom is 0.275 e. The SMILES string of the molecule is COc1cc(-n2cnc3cc(-c4ccc(N)cc4)sc3c2=O)ccc1OCCNCc1ccc(C(C)C)cc1. The van der Waals surface area contributed by atoms with Gasteiger partial charge in [0.15, 0.2) is 11.5 Å². The number of nitrogens with two attached hydrogens (primary N) is 1. The van der Waals surface area contributed by atoms with Crippen molar-refractivity contribution in [1.82, 2.24) is 14.9 Å². The summed E-state index contributed by atoms with van der Waals surface area (Å²) in [5, 5.41) is 3.41. The Kier molecular flexibility index (Phi) is 7.95. The predicted octanol–water partition coefficient (Wildman–Crippen LogP) is 6.00. The molecule has 0 amide bonds. The Balaban J connectivity index is 1.25. The van der Waals surface area contributed by atoms with Gasteiger partial charge in [0.05, 0.1) is 18.3 Å². The molecule has 0 saturated carbocycles. The zero-order chi connectivity index (χ0) is 27.4. The molecule has 0 unspecified atom stereocenters. The summed E-state index contributed by atoms with van der Waals surface area (Å²) in [5.74, 6) is 1.70. The molecule has 5 rings (SSSR count). The van der Waals surface area contributed by atoms with Gasteiger partial charge >= 0.3 is 0 Å². The van der Waals surface area contributed by atoms with Crippen molar-refractivity contribution < 1.29 is 9.47 Å². The fraction of sp³-hybridized carbons (Fsp3) is 0.226. The van der Waals surface area contributed by atoms with Gasteiger partial charge in [0.2, 0.25) is 0 Å². The number of nitrogen functional groups attached to an aromatic ring is 1. The minimum atomic E-state index is -0.131. The molecule has 0 atom stereocenters. The van der Waals surface area contributed by atoms with E-state index in [1.54, 1.807) is 19.5 Å². The monoisotopic (exact) mass is 540 g/mol. The van der Waals surface area contributed by atoms with Crippen LogP contribution < -0.4 is 26.1 Å². The molecule has 0 spiro atoms. The van der Waals surface area contributed by atoms with E-state index in [9.17, 15) is 4.79 Å². The molecule has 0 aliphatic carbocycles. The van der Waals surface area contributed by atoms with E-state index < -0.39 is 0 Å². The van der Waals surface area contributed by atoms with Crippen molar-refractivity contribution in [3.05, 3.63) is 101 Å². The quantitative estimate of drug-likeness (QED) is 0.167. The lowest BCUT2D eigenvalue weighted by atomic mass is 10.0. The van der Waals surface area contributed by atoms with Crippen LogP contribution in [0.5, 0.6) is 11.5 Å². The summed E-state index contributed by atoms with van der Waals surface area (Å²) in [6.45, 7) is 6.34. The first kappa shape index (κ1) is 26.5. The second-order valence-corrected chi connectivity index (χ2v) is 10.7. The van der Waals surface area contributed by atoms with Crippen LogP contribution in [0.2, 0.25) is 0 Å². The van der Waals surface area contributed by atoms with Gasteiger partial charge in [-0.3, -0.25) is 9.36 Å². The lowest BCUT2D eigenvalue weighted by molar-refractivity contribution is 0.292. The van der Waals surface area contributed by atoms with Gasteiger partial charge in [0.1, 0.15) is 17.6 Å². The summed E-state index contributed by atoms with van der Waals surface area (Å²) in [7, 11) is 1.59. The van der Waals surface area contributed by atoms with Crippen molar-refractivity contribution in [2.45, 2.75) is 26.3 Å². The molecule has 0 radical (unpaired) electrons. The number of aromatic nitrogens is 2. The van der Waals surface area contributed by atoms with Gasteiger partial charge in [0.25, 0.3) is 5.56 Å². The van der Waals surface area contributed by atoms with Crippen LogP contribution in [0.25, 0.3) is 26.3 Å². The average molecular weight is 541 g/mol. The van der Waals surface area contributed by atoms with Gasteiger partial charge < -0.3 is 20.5 Å². The van der Waals surface area contributed by atoms with Crippen molar-refractivity contribution in [3.8, 4) is 27.6 Å². The van der Waals surface area contributed by atoms with Crippen LogP contribution in [0.15, 0.2) is 83.9 Å². The number of nitrogens with zero attached hydrogens (tertiary/aromatic N) is 2. The second-order valence-electron chi connectivity index (χ2n) is 9.62. The Labute approximate surface area is 231 Å². The van der Waals surface area contributed by atoms with Crippen molar-refractivity contribution in [3.63, 3.8) is 0 Å². The first-order valence-corrected chi connectivity index (χ1v) is 13.7. The largest absolute Gasteiger partial charge is 0.493 e. The first-order chi connectivity index (χ1) is 18.9. The van der Waals surface area contributed by atoms with Gasteiger partial charge in [-0.15, -0.1) is 11.3 Å². The highest BCUT2D eigenvalue weighted by atomic mass is 32.1. The van der Waals surface area contributed by atoms with Crippen LogP contribution in [0, 0.1) is 0 Å². The van der Waals surface area contributed by atoms with E-state index in [0.29, 0.717) is 52.2 Å². The Bertz CT molecular complexity index is 1620. The maximum absolute atomic E-state index is 13.4. The number of fused-ring (bicyclic) bond motifs is 1. The van der Waals surface area contributed by atoms with Crippen LogP contribution >= 0.6 is 11.3 Å². The molecule has 8 heteroatoms.